The number of hydrogen-bond donors (Lipinski definition) is 1. The van der Waals surface area contributed by atoms with Crippen LogP contribution >= 0.6 is 0 Å². The molecule has 0 radical (unpaired) electrons. The standard InChI is InChI=1S/C20H30O3/c1-12-6-7-16-19(3,4)17(21)8-9-20(16,5)14(12)11-15-13(2)10-18(22)23-15/h10,14-17,21H,1,6-9,11H2,2-5H3/t14-,15-,16-,17+,20+/m1/s1. The zero-order valence-electron chi connectivity index (χ0n) is 14.9. The maximum Gasteiger partial charge on any atom is 0.331 e. The van der Waals surface area contributed by atoms with Gasteiger partial charge in [-0.3, -0.25) is 0 Å². The van der Waals surface area contributed by atoms with Gasteiger partial charge >= 0.3 is 5.97 Å². The highest BCUT2D eigenvalue weighted by Gasteiger charge is 2.56. The lowest BCUT2D eigenvalue weighted by molar-refractivity contribution is -0.144. The predicted octanol–water partition coefficient (Wildman–Crippen LogP) is 4.02. The number of esters is 1. The van der Waals surface area contributed by atoms with Crippen LogP contribution in [0, 0.1) is 22.7 Å². The van der Waals surface area contributed by atoms with Crippen molar-refractivity contribution in [2.45, 2.75) is 72.0 Å². The Kier molecular flexibility index (Phi) is 3.99. The summed E-state index contributed by atoms with van der Waals surface area (Å²) in [5.41, 5.74) is 2.39. The van der Waals surface area contributed by atoms with Gasteiger partial charge in [-0.05, 0) is 67.3 Å². The molecule has 2 aliphatic carbocycles. The van der Waals surface area contributed by atoms with Gasteiger partial charge in [0.05, 0.1) is 6.10 Å². The highest BCUT2D eigenvalue weighted by atomic mass is 16.5. The highest BCUT2D eigenvalue weighted by molar-refractivity contribution is 5.85. The molecule has 0 amide bonds. The van der Waals surface area contributed by atoms with E-state index < -0.39 is 0 Å². The molecule has 1 N–H and O–H groups in total. The van der Waals surface area contributed by atoms with Crippen LogP contribution in [-0.2, 0) is 9.53 Å². The second-order valence-corrected chi connectivity index (χ2v) is 8.73. The van der Waals surface area contributed by atoms with Gasteiger partial charge in [-0.25, -0.2) is 4.79 Å². The van der Waals surface area contributed by atoms with E-state index in [0.29, 0.717) is 11.8 Å². The predicted molar refractivity (Wildman–Crippen MR) is 90.7 cm³/mol. The number of carbonyl (C=O) groups excluding carboxylic acids is 1. The van der Waals surface area contributed by atoms with E-state index in [2.05, 4.69) is 27.4 Å². The normalized spacial score (nSPS) is 42.9. The van der Waals surface area contributed by atoms with Crippen LogP contribution in [0.5, 0.6) is 0 Å². The highest BCUT2D eigenvalue weighted by Crippen LogP contribution is 2.62. The molecular formula is C20H30O3. The van der Waals surface area contributed by atoms with Crippen LogP contribution in [0.1, 0.15) is 59.8 Å². The van der Waals surface area contributed by atoms with Crippen molar-refractivity contribution < 1.29 is 14.6 Å². The quantitative estimate of drug-likeness (QED) is 0.618. The van der Waals surface area contributed by atoms with E-state index >= 15 is 0 Å². The number of aliphatic hydroxyl groups excluding tert-OH is 1. The summed E-state index contributed by atoms with van der Waals surface area (Å²) in [6, 6.07) is 0. The molecule has 3 rings (SSSR count). The molecular weight excluding hydrogens is 288 g/mol. The molecule has 0 aromatic carbocycles. The first-order valence-electron chi connectivity index (χ1n) is 8.91. The first-order chi connectivity index (χ1) is 10.7. The Bertz CT molecular complexity index is 559. The van der Waals surface area contributed by atoms with Gasteiger partial charge in [-0.15, -0.1) is 0 Å². The molecule has 0 aromatic heterocycles. The lowest BCUT2D eigenvalue weighted by atomic mass is 9.46. The average molecular weight is 318 g/mol. The third-order valence-corrected chi connectivity index (χ3v) is 7.11. The fraction of sp³-hybridized carbons (Fsp3) is 0.750. The number of cyclic esters (lactones) is 1. The summed E-state index contributed by atoms with van der Waals surface area (Å²) < 4.78 is 5.50. The maximum atomic E-state index is 11.5. The van der Waals surface area contributed by atoms with E-state index in [1.807, 2.05) is 6.92 Å². The van der Waals surface area contributed by atoms with Gasteiger partial charge in [0.15, 0.2) is 0 Å². The topological polar surface area (TPSA) is 46.5 Å². The number of allylic oxidation sites excluding steroid dienone is 1. The minimum atomic E-state index is -0.224. The van der Waals surface area contributed by atoms with Crippen molar-refractivity contribution in [1.82, 2.24) is 0 Å². The SMILES string of the molecule is C=C1CC[C@@H]2C(C)(C)[C@@H](O)CC[C@@]2(C)[C@@H]1C[C@H]1OC(=O)C=C1C. The van der Waals surface area contributed by atoms with Crippen LogP contribution < -0.4 is 0 Å². The molecule has 3 aliphatic rings. The van der Waals surface area contributed by atoms with Crippen LogP contribution in [0.3, 0.4) is 0 Å². The summed E-state index contributed by atoms with van der Waals surface area (Å²) in [7, 11) is 0. The van der Waals surface area contributed by atoms with Gasteiger partial charge in [0.25, 0.3) is 0 Å². The molecule has 2 fully saturated rings. The summed E-state index contributed by atoms with van der Waals surface area (Å²) in [6.45, 7) is 13.1. The monoisotopic (exact) mass is 318 g/mol. The van der Waals surface area contributed by atoms with Crippen molar-refractivity contribution in [3.63, 3.8) is 0 Å². The first-order valence-corrected chi connectivity index (χ1v) is 8.91. The van der Waals surface area contributed by atoms with Gasteiger partial charge < -0.3 is 9.84 Å². The Labute approximate surface area is 139 Å². The van der Waals surface area contributed by atoms with E-state index in [1.165, 1.54) is 5.57 Å². The third-order valence-electron chi connectivity index (χ3n) is 7.11. The largest absolute Gasteiger partial charge is 0.455 e. The van der Waals surface area contributed by atoms with Crippen LogP contribution in [0.2, 0.25) is 0 Å². The number of hydrogen-bond acceptors (Lipinski definition) is 3. The van der Waals surface area contributed by atoms with Crippen LogP contribution in [0.15, 0.2) is 23.8 Å². The summed E-state index contributed by atoms with van der Waals surface area (Å²) in [5, 5.41) is 10.5. The summed E-state index contributed by atoms with van der Waals surface area (Å²) in [6.07, 6.45) is 6.13. The van der Waals surface area contributed by atoms with Crippen molar-refractivity contribution in [2.24, 2.45) is 22.7 Å². The molecule has 3 nitrogen and oxygen atoms in total. The second kappa shape index (κ2) is 5.47. The van der Waals surface area contributed by atoms with Gasteiger partial charge in [0.1, 0.15) is 6.10 Å². The second-order valence-electron chi connectivity index (χ2n) is 8.73. The smallest absolute Gasteiger partial charge is 0.331 e. The number of aliphatic hydroxyl groups is 1. The zero-order valence-corrected chi connectivity index (χ0v) is 14.9. The van der Waals surface area contributed by atoms with Crippen molar-refractivity contribution >= 4 is 5.97 Å². The van der Waals surface area contributed by atoms with Crippen molar-refractivity contribution in [3.8, 4) is 0 Å². The third kappa shape index (κ3) is 2.57. The molecule has 128 valence electrons. The Morgan fingerprint density at radius 2 is 2.04 bits per heavy atom. The molecule has 2 saturated carbocycles. The molecule has 23 heavy (non-hydrogen) atoms. The van der Waals surface area contributed by atoms with E-state index in [-0.39, 0.29) is 29.0 Å². The Morgan fingerprint density at radius 3 is 2.65 bits per heavy atom. The van der Waals surface area contributed by atoms with E-state index in [0.717, 1.165) is 37.7 Å². The molecule has 1 aliphatic heterocycles. The lowest BCUT2D eigenvalue weighted by Gasteiger charge is -2.59. The maximum absolute atomic E-state index is 11.5. The van der Waals surface area contributed by atoms with E-state index in [9.17, 15) is 9.90 Å². The number of fused-ring (bicyclic) bond motifs is 1. The molecule has 0 unspecified atom stereocenters. The summed E-state index contributed by atoms with van der Waals surface area (Å²) >= 11 is 0. The van der Waals surface area contributed by atoms with Crippen LogP contribution in [0.4, 0.5) is 0 Å². The van der Waals surface area contributed by atoms with Gasteiger partial charge in [-0.1, -0.05) is 32.9 Å². The molecule has 1 heterocycles. The van der Waals surface area contributed by atoms with Crippen molar-refractivity contribution in [2.75, 3.05) is 0 Å². The van der Waals surface area contributed by atoms with Crippen molar-refractivity contribution in [3.05, 3.63) is 23.8 Å². The molecule has 0 aromatic rings. The average Bonchev–Trinajstić information content (AvgIpc) is 2.77. The Hall–Kier alpha value is -1.09. The zero-order chi connectivity index (χ0) is 17.0. The Balaban J connectivity index is 1.88. The van der Waals surface area contributed by atoms with Gasteiger partial charge in [0, 0.05) is 6.08 Å². The molecule has 5 atom stereocenters. The minimum Gasteiger partial charge on any atom is -0.455 e. The molecule has 0 saturated heterocycles. The number of rotatable bonds is 2. The number of carbonyl (C=O) groups is 1. The summed E-state index contributed by atoms with van der Waals surface area (Å²) in [4.78, 5) is 11.5. The molecule has 0 spiro atoms. The summed E-state index contributed by atoms with van der Waals surface area (Å²) in [5.74, 6) is 0.623. The fourth-order valence-electron chi connectivity index (χ4n) is 5.60. The molecule has 3 heteroatoms. The molecule has 0 bridgehead atoms. The number of ether oxygens (including phenoxy) is 1. The van der Waals surface area contributed by atoms with Gasteiger partial charge in [-0.2, -0.15) is 0 Å². The minimum absolute atomic E-state index is 0.0663. The lowest BCUT2D eigenvalue weighted by Crippen LogP contribution is -2.55. The fourth-order valence-corrected chi connectivity index (χ4v) is 5.60. The van der Waals surface area contributed by atoms with Gasteiger partial charge in [0.2, 0.25) is 0 Å². The van der Waals surface area contributed by atoms with Crippen molar-refractivity contribution in [1.29, 1.82) is 0 Å². The van der Waals surface area contributed by atoms with Crippen LogP contribution in [-0.4, -0.2) is 23.3 Å². The first kappa shape index (κ1) is 16.8. The van der Waals surface area contributed by atoms with E-state index in [4.69, 9.17) is 4.74 Å². The van der Waals surface area contributed by atoms with Crippen LogP contribution in [0.25, 0.3) is 0 Å². The Morgan fingerprint density at radius 1 is 1.35 bits per heavy atom. The van der Waals surface area contributed by atoms with E-state index in [1.54, 1.807) is 6.08 Å².